The lowest BCUT2D eigenvalue weighted by Gasteiger charge is -2.23. The van der Waals surface area contributed by atoms with Gasteiger partial charge in [0.25, 0.3) is 5.91 Å². The van der Waals surface area contributed by atoms with Gasteiger partial charge >= 0.3 is 0 Å². The lowest BCUT2D eigenvalue weighted by Crippen LogP contribution is -2.34. The summed E-state index contributed by atoms with van der Waals surface area (Å²) in [7, 11) is 1.46. The van der Waals surface area contributed by atoms with Gasteiger partial charge in [0, 0.05) is 17.9 Å². The molecule has 0 atom stereocenters. The first kappa shape index (κ1) is 16.0. The van der Waals surface area contributed by atoms with Gasteiger partial charge in [-0.05, 0) is 24.0 Å². The molecular weight excluding hydrogens is 313 g/mol. The van der Waals surface area contributed by atoms with Crippen LogP contribution in [0.5, 0.6) is 5.75 Å². The molecule has 0 heterocycles. The van der Waals surface area contributed by atoms with Crippen LogP contribution in [0.4, 0.5) is 4.39 Å². The molecule has 0 aliphatic rings. The fourth-order valence-corrected chi connectivity index (χ4v) is 2.64. The SMILES string of the molecule is COc1ccc(C(=O)NCC(C)(C)CCBr)c(F)c1. The van der Waals surface area contributed by atoms with Crippen LogP contribution < -0.4 is 10.1 Å². The summed E-state index contributed by atoms with van der Waals surface area (Å²) >= 11 is 3.38. The fraction of sp³-hybridized carbons (Fsp3) is 0.500. The highest BCUT2D eigenvalue weighted by atomic mass is 79.9. The van der Waals surface area contributed by atoms with Crippen molar-refractivity contribution >= 4 is 21.8 Å². The van der Waals surface area contributed by atoms with Crippen LogP contribution in [0.3, 0.4) is 0 Å². The van der Waals surface area contributed by atoms with Gasteiger partial charge in [0.15, 0.2) is 0 Å². The quantitative estimate of drug-likeness (QED) is 0.811. The summed E-state index contributed by atoms with van der Waals surface area (Å²) in [6, 6.07) is 4.21. The summed E-state index contributed by atoms with van der Waals surface area (Å²) in [5.74, 6) is -0.577. The van der Waals surface area contributed by atoms with E-state index in [1.807, 2.05) is 0 Å². The van der Waals surface area contributed by atoms with Gasteiger partial charge in [0.1, 0.15) is 11.6 Å². The van der Waals surface area contributed by atoms with Crippen LogP contribution in [0, 0.1) is 11.2 Å². The first-order chi connectivity index (χ1) is 8.89. The molecule has 0 saturated heterocycles. The van der Waals surface area contributed by atoms with Crippen LogP contribution in [0.15, 0.2) is 18.2 Å². The van der Waals surface area contributed by atoms with Gasteiger partial charge in [0.2, 0.25) is 0 Å². The molecule has 1 aromatic rings. The van der Waals surface area contributed by atoms with Gasteiger partial charge in [-0.1, -0.05) is 29.8 Å². The Bertz CT molecular complexity index is 449. The lowest BCUT2D eigenvalue weighted by molar-refractivity contribution is 0.0932. The zero-order valence-corrected chi connectivity index (χ0v) is 13.0. The Morgan fingerprint density at radius 3 is 2.68 bits per heavy atom. The molecule has 3 nitrogen and oxygen atoms in total. The Morgan fingerprint density at radius 1 is 1.47 bits per heavy atom. The fourth-order valence-electron chi connectivity index (χ4n) is 1.57. The molecule has 0 spiro atoms. The number of hydrogen-bond acceptors (Lipinski definition) is 2. The molecule has 0 unspecified atom stereocenters. The monoisotopic (exact) mass is 331 g/mol. The molecule has 0 aliphatic heterocycles. The molecule has 0 aromatic heterocycles. The standard InChI is InChI=1S/C14H19BrFNO2/c1-14(2,6-7-15)9-17-13(18)11-5-4-10(19-3)8-12(11)16/h4-5,8H,6-7,9H2,1-3H3,(H,17,18). The topological polar surface area (TPSA) is 38.3 Å². The van der Waals surface area contributed by atoms with Crippen LogP contribution in [-0.2, 0) is 0 Å². The van der Waals surface area contributed by atoms with Crippen molar-refractivity contribution in [3.63, 3.8) is 0 Å². The van der Waals surface area contributed by atoms with E-state index in [0.717, 1.165) is 11.8 Å². The van der Waals surface area contributed by atoms with Crippen LogP contribution >= 0.6 is 15.9 Å². The van der Waals surface area contributed by atoms with Crippen molar-refractivity contribution in [3.8, 4) is 5.75 Å². The molecular formula is C14H19BrFNO2. The van der Waals surface area contributed by atoms with Crippen LogP contribution in [0.25, 0.3) is 0 Å². The lowest BCUT2D eigenvalue weighted by atomic mass is 9.90. The first-order valence-corrected chi connectivity index (χ1v) is 7.19. The number of rotatable bonds is 6. The van der Waals surface area contributed by atoms with Crippen LogP contribution in [0.1, 0.15) is 30.6 Å². The van der Waals surface area contributed by atoms with E-state index < -0.39 is 11.7 Å². The van der Waals surface area contributed by atoms with E-state index in [1.54, 1.807) is 6.07 Å². The second-order valence-corrected chi connectivity index (χ2v) is 5.92. The number of carbonyl (C=O) groups excluding carboxylic acids is 1. The Morgan fingerprint density at radius 2 is 2.16 bits per heavy atom. The third-order valence-electron chi connectivity index (χ3n) is 2.92. The summed E-state index contributed by atoms with van der Waals surface area (Å²) < 4.78 is 18.6. The molecule has 19 heavy (non-hydrogen) atoms. The van der Waals surface area contributed by atoms with E-state index in [0.29, 0.717) is 12.3 Å². The molecule has 106 valence electrons. The van der Waals surface area contributed by atoms with Gasteiger partial charge in [-0.25, -0.2) is 4.39 Å². The smallest absolute Gasteiger partial charge is 0.254 e. The second kappa shape index (κ2) is 6.89. The Hall–Kier alpha value is -1.10. The summed E-state index contributed by atoms with van der Waals surface area (Å²) in [5, 5.41) is 3.63. The highest BCUT2D eigenvalue weighted by molar-refractivity contribution is 9.09. The summed E-state index contributed by atoms with van der Waals surface area (Å²) in [4.78, 5) is 11.9. The molecule has 1 rings (SSSR count). The molecule has 0 aliphatic carbocycles. The minimum absolute atomic E-state index is 0.0257. The van der Waals surface area contributed by atoms with Crippen LogP contribution in [-0.4, -0.2) is 24.9 Å². The number of benzene rings is 1. The average Bonchev–Trinajstić information content (AvgIpc) is 2.36. The average molecular weight is 332 g/mol. The number of amides is 1. The third-order valence-corrected chi connectivity index (χ3v) is 3.32. The van der Waals surface area contributed by atoms with Crippen molar-refractivity contribution in [1.82, 2.24) is 5.32 Å². The Balaban J connectivity index is 2.68. The van der Waals surface area contributed by atoms with Gasteiger partial charge in [-0.15, -0.1) is 0 Å². The minimum Gasteiger partial charge on any atom is -0.497 e. The number of hydrogen-bond donors (Lipinski definition) is 1. The van der Waals surface area contributed by atoms with E-state index >= 15 is 0 Å². The summed E-state index contributed by atoms with van der Waals surface area (Å²) in [5.41, 5.74) is 0.0118. The molecule has 5 heteroatoms. The maximum atomic E-state index is 13.7. The van der Waals surface area contributed by atoms with E-state index in [2.05, 4.69) is 35.1 Å². The molecule has 0 saturated carbocycles. The number of nitrogens with one attached hydrogen (secondary N) is 1. The van der Waals surface area contributed by atoms with Crippen LogP contribution in [0.2, 0.25) is 0 Å². The van der Waals surface area contributed by atoms with Gasteiger partial charge in [-0.2, -0.15) is 0 Å². The Kier molecular flexibility index (Phi) is 5.79. The predicted octanol–water partition coefficient (Wildman–Crippen LogP) is 3.38. The Labute approximate surface area is 121 Å². The first-order valence-electron chi connectivity index (χ1n) is 6.07. The van der Waals surface area contributed by atoms with Crippen molar-refractivity contribution in [1.29, 1.82) is 0 Å². The zero-order valence-electron chi connectivity index (χ0n) is 11.4. The highest BCUT2D eigenvalue weighted by Crippen LogP contribution is 2.21. The number of alkyl halides is 1. The number of methoxy groups -OCH3 is 1. The molecule has 0 radical (unpaired) electrons. The van der Waals surface area contributed by atoms with E-state index in [9.17, 15) is 9.18 Å². The normalized spacial score (nSPS) is 11.2. The predicted molar refractivity (Wildman–Crippen MR) is 77.5 cm³/mol. The molecule has 0 fully saturated rings. The molecule has 1 N–H and O–H groups in total. The molecule has 1 amide bonds. The highest BCUT2D eigenvalue weighted by Gasteiger charge is 2.19. The van der Waals surface area contributed by atoms with Crippen molar-refractivity contribution in [2.24, 2.45) is 5.41 Å². The summed E-state index contributed by atoms with van der Waals surface area (Å²) in [6.45, 7) is 4.61. The summed E-state index contributed by atoms with van der Waals surface area (Å²) in [6.07, 6.45) is 0.929. The zero-order chi connectivity index (χ0) is 14.5. The number of ether oxygens (including phenoxy) is 1. The van der Waals surface area contributed by atoms with Gasteiger partial charge in [-0.3, -0.25) is 4.79 Å². The minimum atomic E-state index is -0.574. The van der Waals surface area contributed by atoms with Crippen molar-refractivity contribution < 1.29 is 13.9 Å². The largest absolute Gasteiger partial charge is 0.497 e. The van der Waals surface area contributed by atoms with Crippen molar-refractivity contribution in [2.45, 2.75) is 20.3 Å². The maximum Gasteiger partial charge on any atom is 0.254 e. The van der Waals surface area contributed by atoms with Gasteiger partial charge < -0.3 is 10.1 Å². The van der Waals surface area contributed by atoms with E-state index in [1.165, 1.54) is 19.2 Å². The van der Waals surface area contributed by atoms with E-state index in [-0.39, 0.29) is 11.0 Å². The van der Waals surface area contributed by atoms with Gasteiger partial charge in [0.05, 0.1) is 12.7 Å². The van der Waals surface area contributed by atoms with Crippen molar-refractivity contribution in [2.75, 3.05) is 19.0 Å². The molecule has 0 bridgehead atoms. The maximum absolute atomic E-state index is 13.7. The number of carbonyl (C=O) groups is 1. The molecule has 1 aromatic carbocycles. The number of halogens is 2. The van der Waals surface area contributed by atoms with Crippen molar-refractivity contribution in [3.05, 3.63) is 29.6 Å². The third kappa shape index (κ3) is 4.82. The second-order valence-electron chi connectivity index (χ2n) is 5.13. The van der Waals surface area contributed by atoms with E-state index in [4.69, 9.17) is 4.74 Å².